The van der Waals surface area contributed by atoms with Crippen LogP contribution in [0.25, 0.3) is 39.3 Å². The largest absolute Gasteiger partial charge is 0.507 e. The molecule has 9 nitrogen and oxygen atoms in total. The van der Waals surface area contributed by atoms with Crippen molar-refractivity contribution in [1.82, 2.24) is 14.6 Å². The summed E-state index contributed by atoms with van der Waals surface area (Å²) < 4.78 is 19.3. The van der Waals surface area contributed by atoms with Gasteiger partial charge in [-0.2, -0.15) is 5.10 Å². The van der Waals surface area contributed by atoms with Crippen molar-refractivity contribution >= 4 is 28.9 Å². The molecule has 3 heterocycles. The van der Waals surface area contributed by atoms with Crippen molar-refractivity contribution in [3.8, 4) is 45.1 Å². The number of aryl methyl sites for hydroxylation is 1. The molecule has 6 rings (SSSR count). The third kappa shape index (κ3) is 6.16. The molecule has 1 unspecified atom stereocenters. The Labute approximate surface area is 279 Å². The van der Waals surface area contributed by atoms with Gasteiger partial charge in [-0.25, -0.2) is 14.3 Å². The second-order valence-electron chi connectivity index (χ2n) is 12.3. The summed E-state index contributed by atoms with van der Waals surface area (Å²) in [5, 5.41) is 16.0. The standard InChI is InChI=1S/C37H37ClN4O5/c1-7-17-41-18-19-46-29-16-15-26(32(38)34(29)41)33-31(35(36(44)45-6)47-37(3,4)5)22(2)39-30-21-27(40-42(30)33)24-12-10-11-23(20-24)25-13-8-9-14-28(25)43/h7-16,20-21,35,43H,1,17-19H2,2-6H3. The molecule has 1 atom stereocenters. The summed E-state index contributed by atoms with van der Waals surface area (Å²) in [6, 6.07) is 20.6. The summed E-state index contributed by atoms with van der Waals surface area (Å²) in [4.78, 5) is 20.5. The third-order valence-corrected chi connectivity index (χ3v) is 8.35. The molecular weight excluding hydrogens is 616 g/mol. The first-order valence-corrected chi connectivity index (χ1v) is 15.7. The zero-order valence-electron chi connectivity index (χ0n) is 27.1. The molecular formula is C37H37ClN4O5. The molecule has 0 fully saturated rings. The Morgan fingerprint density at radius 1 is 1.11 bits per heavy atom. The highest BCUT2D eigenvalue weighted by Gasteiger charge is 2.35. The molecule has 3 aromatic carbocycles. The maximum atomic E-state index is 13.4. The van der Waals surface area contributed by atoms with E-state index in [2.05, 4.69) is 11.5 Å². The van der Waals surface area contributed by atoms with Crippen LogP contribution in [0.5, 0.6) is 11.5 Å². The lowest BCUT2D eigenvalue weighted by molar-refractivity contribution is -0.164. The van der Waals surface area contributed by atoms with Crippen LogP contribution < -0.4 is 9.64 Å². The Balaban J connectivity index is 1.63. The van der Waals surface area contributed by atoms with Crippen LogP contribution in [0.4, 0.5) is 5.69 Å². The van der Waals surface area contributed by atoms with E-state index in [9.17, 15) is 9.90 Å². The summed E-state index contributed by atoms with van der Waals surface area (Å²) in [5.41, 5.74) is 5.82. The van der Waals surface area contributed by atoms with Crippen molar-refractivity contribution in [2.24, 2.45) is 0 Å². The van der Waals surface area contributed by atoms with Crippen LogP contribution in [0.2, 0.25) is 5.02 Å². The normalized spacial score (nSPS) is 13.6. The molecule has 0 amide bonds. The number of benzene rings is 3. The average molecular weight is 653 g/mol. The predicted molar refractivity (Wildman–Crippen MR) is 184 cm³/mol. The fourth-order valence-electron chi connectivity index (χ4n) is 5.95. The highest BCUT2D eigenvalue weighted by atomic mass is 35.5. The number of aromatic hydroxyl groups is 1. The number of hydrogen-bond acceptors (Lipinski definition) is 8. The Morgan fingerprint density at radius 2 is 1.87 bits per heavy atom. The number of rotatable bonds is 8. The van der Waals surface area contributed by atoms with Gasteiger partial charge in [-0.1, -0.05) is 54.1 Å². The zero-order valence-corrected chi connectivity index (χ0v) is 27.8. The van der Waals surface area contributed by atoms with Crippen molar-refractivity contribution in [3.05, 3.63) is 95.7 Å². The van der Waals surface area contributed by atoms with Gasteiger partial charge < -0.3 is 24.2 Å². The van der Waals surface area contributed by atoms with Crippen molar-refractivity contribution < 1.29 is 24.1 Å². The molecule has 47 heavy (non-hydrogen) atoms. The number of esters is 1. The number of para-hydroxylation sites is 1. The fourth-order valence-corrected chi connectivity index (χ4v) is 6.32. The molecule has 0 aliphatic carbocycles. The van der Waals surface area contributed by atoms with E-state index in [-0.39, 0.29) is 5.75 Å². The number of carbonyl (C=O) groups excluding carboxylic acids is 1. The molecule has 1 aliphatic heterocycles. The number of phenolic OH excluding ortho intramolecular Hbond substituents is 1. The molecule has 5 aromatic rings. The van der Waals surface area contributed by atoms with Gasteiger partial charge in [0.15, 0.2) is 11.8 Å². The van der Waals surface area contributed by atoms with Crippen LogP contribution >= 0.6 is 11.6 Å². The lowest BCUT2D eigenvalue weighted by Crippen LogP contribution is -2.33. The van der Waals surface area contributed by atoms with Crippen molar-refractivity contribution in [2.45, 2.75) is 39.4 Å². The predicted octanol–water partition coefficient (Wildman–Crippen LogP) is 7.81. The maximum Gasteiger partial charge on any atom is 0.339 e. The van der Waals surface area contributed by atoms with E-state index in [1.807, 2.05) is 88.4 Å². The number of carbonyl (C=O) groups is 1. The molecule has 0 radical (unpaired) electrons. The van der Waals surface area contributed by atoms with E-state index in [4.69, 9.17) is 35.9 Å². The molecule has 10 heteroatoms. The van der Waals surface area contributed by atoms with Crippen LogP contribution in [0.15, 0.2) is 79.4 Å². The van der Waals surface area contributed by atoms with E-state index in [0.717, 1.165) is 16.8 Å². The summed E-state index contributed by atoms with van der Waals surface area (Å²) >= 11 is 7.30. The van der Waals surface area contributed by atoms with Gasteiger partial charge in [0.2, 0.25) is 0 Å². The van der Waals surface area contributed by atoms with Crippen LogP contribution in [-0.4, -0.2) is 58.1 Å². The van der Waals surface area contributed by atoms with Crippen molar-refractivity contribution in [3.63, 3.8) is 0 Å². The topological polar surface area (TPSA) is 98.4 Å². The SMILES string of the molecule is C=CCN1CCOc2ccc(-c3c(C(OC(C)(C)C)C(=O)OC)c(C)nc4cc(-c5cccc(-c6ccccc6O)c5)nn34)c(Cl)c21. The smallest absolute Gasteiger partial charge is 0.339 e. The first kappa shape index (κ1) is 32.1. The first-order chi connectivity index (χ1) is 22.5. The monoisotopic (exact) mass is 652 g/mol. The number of methoxy groups -OCH3 is 1. The Morgan fingerprint density at radius 3 is 2.60 bits per heavy atom. The number of anilines is 1. The average Bonchev–Trinajstić information content (AvgIpc) is 3.47. The summed E-state index contributed by atoms with van der Waals surface area (Å²) in [6.45, 7) is 13.1. The van der Waals surface area contributed by atoms with Gasteiger partial charge in [0.25, 0.3) is 0 Å². The number of hydrogen-bond donors (Lipinski definition) is 1. The summed E-state index contributed by atoms with van der Waals surface area (Å²) in [6.07, 6.45) is 0.697. The molecule has 0 spiro atoms. The zero-order chi connectivity index (χ0) is 33.5. The second kappa shape index (κ2) is 12.7. The molecule has 242 valence electrons. The lowest BCUT2D eigenvalue weighted by Gasteiger charge is -2.32. The Kier molecular flexibility index (Phi) is 8.70. The highest BCUT2D eigenvalue weighted by Crippen LogP contribution is 2.47. The summed E-state index contributed by atoms with van der Waals surface area (Å²) in [7, 11) is 1.34. The fraction of sp³-hybridized carbons (Fsp3) is 0.270. The number of fused-ring (bicyclic) bond motifs is 2. The number of ether oxygens (including phenoxy) is 3. The van der Waals surface area contributed by atoms with Gasteiger partial charge in [0, 0.05) is 40.6 Å². The highest BCUT2D eigenvalue weighted by molar-refractivity contribution is 6.36. The molecule has 0 saturated heterocycles. The van der Waals surface area contributed by atoms with Gasteiger partial charge in [-0.15, -0.1) is 6.58 Å². The first-order valence-electron chi connectivity index (χ1n) is 15.4. The van der Waals surface area contributed by atoms with Gasteiger partial charge in [-0.05, 0) is 57.5 Å². The van der Waals surface area contributed by atoms with E-state index in [1.165, 1.54) is 7.11 Å². The minimum Gasteiger partial charge on any atom is -0.507 e. The van der Waals surface area contributed by atoms with E-state index < -0.39 is 17.7 Å². The molecule has 1 N–H and O–H groups in total. The lowest BCUT2D eigenvalue weighted by atomic mass is 9.97. The number of aromatic nitrogens is 3. The Hall–Kier alpha value is -4.86. The maximum absolute atomic E-state index is 13.4. The van der Waals surface area contributed by atoms with Gasteiger partial charge in [0.1, 0.15) is 18.1 Å². The van der Waals surface area contributed by atoms with E-state index in [0.29, 0.717) is 69.9 Å². The van der Waals surface area contributed by atoms with Crippen LogP contribution in [-0.2, 0) is 14.3 Å². The molecule has 1 aliphatic rings. The third-order valence-electron chi connectivity index (χ3n) is 7.97. The van der Waals surface area contributed by atoms with Crippen LogP contribution in [0, 0.1) is 6.92 Å². The van der Waals surface area contributed by atoms with E-state index in [1.54, 1.807) is 16.6 Å². The Bertz CT molecular complexity index is 2000. The van der Waals surface area contributed by atoms with E-state index >= 15 is 0 Å². The second-order valence-corrected chi connectivity index (χ2v) is 12.7. The van der Waals surface area contributed by atoms with Gasteiger partial charge >= 0.3 is 5.97 Å². The minimum absolute atomic E-state index is 0.188. The van der Waals surface area contributed by atoms with Crippen LogP contribution in [0.1, 0.15) is 38.1 Å². The van der Waals surface area contributed by atoms with Crippen LogP contribution in [0.3, 0.4) is 0 Å². The summed E-state index contributed by atoms with van der Waals surface area (Å²) in [5.74, 6) is 0.278. The molecule has 0 bridgehead atoms. The minimum atomic E-state index is -1.13. The van der Waals surface area contributed by atoms with Gasteiger partial charge in [0.05, 0.1) is 41.4 Å². The quantitative estimate of drug-likeness (QED) is 0.134. The number of nitrogens with zero attached hydrogens (tertiary/aromatic N) is 4. The number of halogens is 1. The van der Waals surface area contributed by atoms with Crippen molar-refractivity contribution in [1.29, 1.82) is 0 Å². The molecule has 2 aromatic heterocycles. The van der Waals surface area contributed by atoms with Crippen molar-refractivity contribution in [2.75, 3.05) is 31.7 Å². The number of phenols is 1. The molecule has 0 saturated carbocycles. The van der Waals surface area contributed by atoms with Gasteiger partial charge in [-0.3, -0.25) is 0 Å².